The standard InChI is InChI=1S/C25H46O2Si/c1-7-8-21-24(27-28(5,6)25(2,3)4)22-19-17-15-13-11-9-10-12-14-16-18-20-23-26/h24,26H,7-13,15,17-18,20-21,23H2,1-6H3. The highest BCUT2D eigenvalue weighted by molar-refractivity contribution is 6.74. The number of aliphatic hydroxyl groups is 1. The second-order valence-corrected chi connectivity index (χ2v) is 14.0. The Kier molecular flexibility index (Phi) is 15.7. The highest BCUT2D eigenvalue weighted by Crippen LogP contribution is 2.37. The van der Waals surface area contributed by atoms with Crippen molar-refractivity contribution in [2.24, 2.45) is 0 Å². The van der Waals surface area contributed by atoms with E-state index in [1.165, 1.54) is 44.9 Å². The molecular weight excluding hydrogens is 360 g/mol. The van der Waals surface area contributed by atoms with Crippen molar-refractivity contribution >= 4 is 8.32 Å². The van der Waals surface area contributed by atoms with Crippen molar-refractivity contribution < 1.29 is 9.53 Å². The van der Waals surface area contributed by atoms with Crippen molar-refractivity contribution in [3.05, 3.63) is 0 Å². The molecule has 162 valence electrons. The second kappa shape index (κ2) is 16.1. The van der Waals surface area contributed by atoms with Gasteiger partial charge < -0.3 is 9.53 Å². The van der Waals surface area contributed by atoms with Gasteiger partial charge >= 0.3 is 0 Å². The number of rotatable bonds is 13. The third kappa shape index (κ3) is 14.3. The summed E-state index contributed by atoms with van der Waals surface area (Å²) in [6.07, 6.45) is 13.4. The van der Waals surface area contributed by atoms with E-state index in [9.17, 15) is 0 Å². The first-order valence-electron chi connectivity index (χ1n) is 11.5. The summed E-state index contributed by atoms with van der Waals surface area (Å²) in [4.78, 5) is 0. The van der Waals surface area contributed by atoms with Gasteiger partial charge in [0, 0.05) is 25.9 Å². The molecular formula is C25H46O2Si. The Hall–Kier alpha value is -0.743. The first-order chi connectivity index (χ1) is 13.2. The molecule has 0 amide bonds. The van der Waals surface area contributed by atoms with Crippen LogP contribution >= 0.6 is 0 Å². The van der Waals surface area contributed by atoms with Crippen molar-refractivity contribution in [1.29, 1.82) is 0 Å². The number of hydrogen-bond acceptors (Lipinski definition) is 2. The molecule has 0 aliphatic rings. The van der Waals surface area contributed by atoms with Crippen LogP contribution in [0.15, 0.2) is 0 Å². The van der Waals surface area contributed by atoms with Crippen LogP contribution in [-0.4, -0.2) is 26.1 Å². The maximum Gasteiger partial charge on any atom is 0.193 e. The van der Waals surface area contributed by atoms with Gasteiger partial charge in [-0.05, 0) is 43.8 Å². The fraction of sp³-hybridized carbons (Fsp3) is 0.840. The number of hydrogen-bond donors (Lipinski definition) is 1. The van der Waals surface area contributed by atoms with Crippen LogP contribution in [0.4, 0.5) is 0 Å². The van der Waals surface area contributed by atoms with Gasteiger partial charge in [-0.2, -0.15) is 0 Å². The molecule has 0 radical (unpaired) electrons. The Bertz CT molecular complexity index is 497. The van der Waals surface area contributed by atoms with E-state index in [2.05, 4.69) is 64.5 Å². The maximum atomic E-state index is 8.70. The van der Waals surface area contributed by atoms with E-state index in [0.717, 1.165) is 32.1 Å². The van der Waals surface area contributed by atoms with Crippen molar-refractivity contribution in [1.82, 2.24) is 0 Å². The first-order valence-corrected chi connectivity index (χ1v) is 14.4. The van der Waals surface area contributed by atoms with Crippen LogP contribution in [0.2, 0.25) is 18.1 Å². The van der Waals surface area contributed by atoms with Gasteiger partial charge in [0.25, 0.3) is 0 Å². The van der Waals surface area contributed by atoms with Gasteiger partial charge in [0.1, 0.15) is 6.10 Å². The lowest BCUT2D eigenvalue weighted by molar-refractivity contribution is 0.220. The molecule has 0 spiro atoms. The minimum Gasteiger partial charge on any atom is -0.403 e. The molecule has 28 heavy (non-hydrogen) atoms. The number of unbranched alkanes of at least 4 members (excludes halogenated alkanes) is 8. The molecule has 0 fully saturated rings. The molecule has 2 nitrogen and oxygen atoms in total. The van der Waals surface area contributed by atoms with Crippen LogP contribution in [0, 0.1) is 23.7 Å². The predicted octanol–water partition coefficient (Wildman–Crippen LogP) is 7.08. The lowest BCUT2D eigenvalue weighted by Gasteiger charge is -2.38. The van der Waals surface area contributed by atoms with E-state index in [0.29, 0.717) is 0 Å². The summed E-state index contributed by atoms with van der Waals surface area (Å²) in [7, 11) is -1.75. The Morgan fingerprint density at radius 1 is 0.821 bits per heavy atom. The molecule has 0 rings (SSSR count). The molecule has 1 atom stereocenters. The van der Waals surface area contributed by atoms with Gasteiger partial charge in [-0.25, -0.2) is 0 Å². The van der Waals surface area contributed by atoms with E-state index >= 15 is 0 Å². The van der Waals surface area contributed by atoms with Gasteiger partial charge in [-0.1, -0.05) is 65.7 Å². The van der Waals surface area contributed by atoms with Gasteiger partial charge in [-0.15, -0.1) is 17.8 Å². The van der Waals surface area contributed by atoms with E-state index in [-0.39, 0.29) is 17.7 Å². The quantitative estimate of drug-likeness (QED) is 0.201. The van der Waals surface area contributed by atoms with E-state index in [1.807, 2.05) is 0 Å². The van der Waals surface area contributed by atoms with Gasteiger partial charge in [-0.3, -0.25) is 0 Å². The Morgan fingerprint density at radius 2 is 1.36 bits per heavy atom. The minimum atomic E-state index is -1.75. The first kappa shape index (κ1) is 27.3. The topological polar surface area (TPSA) is 29.5 Å². The van der Waals surface area contributed by atoms with Crippen LogP contribution in [0.1, 0.15) is 105 Å². The molecule has 0 saturated carbocycles. The molecule has 0 aliphatic carbocycles. The zero-order valence-corrected chi connectivity index (χ0v) is 20.6. The summed E-state index contributed by atoms with van der Waals surface area (Å²) in [5.74, 6) is 13.2. The zero-order valence-electron chi connectivity index (χ0n) is 19.6. The van der Waals surface area contributed by atoms with Gasteiger partial charge in [0.15, 0.2) is 8.32 Å². The van der Waals surface area contributed by atoms with Crippen LogP contribution in [0.5, 0.6) is 0 Å². The lowest BCUT2D eigenvalue weighted by Crippen LogP contribution is -2.43. The van der Waals surface area contributed by atoms with Crippen LogP contribution in [0.25, 0.3) is 0 Å². The molecule has 1 unspecified atom stereocenters. The molecule has 1 N–H and O–H groups in total. The number of aliphatic hydroxyl groups excluding tert-OH is 1. The molecule has 0 heterocycles. The third-order valence-electron chi connectivity index (χ3n) is 5.51. The third-order valence-corrected chi connectivity index (χ3v) is 10.0. The van der Waals surface area contributed by atoms with E-state index < -0.39 is 8.32 Å². The maximum absolute atomic E-state index is 8.70. The molecule has 3 heteroatoms. The summed E-state index contributed by atoms with van der Waals surface area (Å²) in [5.41, 5.74) is 0. The Balaban J connectivity index is 4.07. The smallest absolute Gasteiger partial charge is 0.193 e. The lowest BCUT2D eigenvalue weighted by atomic mass is 10.1. The van der Waals surface area contributed by atoms with Crippen LogP contribution in [-0.2, 0) is 4.43 Å². The summed E-state index contributed by atoms with van der Waals surface area (Å²) >= 11 is 0. The summed E-state index contributed by atoms with van der Waals surface area (Å²) in [6.45, 7) is 14.0. The fourth-order valence-corrected chi connectivity index (χ4v) is 3.81. The highest BCUT2D eigenvalue weighted by Gasteiger charge is 2.38. The van der Waals surface area contributed by atoms with Crippen molar-refractivity contribution in [2.75, 3.05) is 6.61 Å². The molecule has 0 aromatic rings. The zero-order chi connectivity index (χ0) is 21.3. The minimum absolute atomic E-state index is 0.116. The average molecular weight is 407 g/mol. The second-order valence-electron chi connectivity index (χ2n) is 9.28. The Morgan fingerprint density at radius 3 is 1.89 bits per heavy atom. The van der Waals surface area contributed by atoms with Crippen molar-refractivity contribution in [2.45, 2.75) is 129 Å². The van der Waals surface area contributed by atoms with E-state index in [4.69, 9.17) is 9.53 Å². The van der Waals surface area contributed by atoms with Gasteiger partial charge in [0.05, 0.1) is 0 Å². The van der Waals surface area contributed by atoms with Crippen LogP contribution < -0.4 is 0 Å². The average Bonchev–Trinajstić information content (AvgIpc) is 2.62. The largest absolute Gasteiger partial charge is 0.403 e. The normalized spacial score (nSPS) is 12.7. The summed E-state index contributed by atoms with van der Waals surface area (Å²) in [6, 6.07) is 0. The molecule has 0 aliphatic heterocycles. The van der Waals surface area contributed by atoms with Gasteiger partial charge in [0.2, 0.25) is 0 Å². The SMILES string of the molecule is CCCCC(C#CCCCCCCCC#CCCCO)O[Si](C)(C)C(C)(C)C. The fourth-order valence-electron chi connectivity index (χ4n) is 2.57. The molecule has 0 saturated heterocycles. The molecule has 0 aromatic carbocycles. The predicted molar refractivity (Wildman–Crippen MR) is 126 cm³/mol. The summed E-state index contributed by atoms with van der Waals surface area (Å²) in [5, 5.41) is 8.93. The molecule has 0 bridgehead atoms. The molecule has 0 aromatic heterocycles. The van der Waals surface area contributed by atoms with Crippen molar-refractivity contribution in [3.8, 4) is 23.7 Å². The highest BCUT2D eigenvalue weighted by atomic mass is 28.4. The monoisotopic (exact) mass is 406 g/mol. The summed E-state index contributed by atoms with van der Waals surface area (Å²) < 4.78 is 6.55. The van der Waals surface area contributed by atoms with E-state index in [1.54, 1.807) is 0 Å². The Labute approximate surface area is 177 Å². The van der Waals surface area contributed by atoms with Crippen molar-refractivity contribution in [3.63, 3.8) is 0 Å². The van der Waals surface area contributed by atoms with Crippen LogP contribution in [0.3, 0.4) is 0 Å².